The zero-order chi connectivity index (χ0) is 17.7. The van der Waals surface area contributed by atoms with Gasteiger partial charge in [-0.25, -0.2) is 4.98 Å². The number of ether oxygens (including phenoxy) is 1. The molecule has 24 heavy (non-hydrogen) atoms. The van der Waals surface area contributed by atoms with Crippen LogP contribution >= 0.6 is 15.9 Å². The molecule has 0 spiro atoms. The monoisotopic (exact) mass is 390 g/mol. The number of amides is 1. The first kappa shape index (κ1) is 18.5. The molecule has 1 amide bonds. The molecule has 0 fully saturated rings. The van der Waals surface area contributed by atoms with Gasteiger partial charge in [0.15, 0.2) is 6.61 Å². The lowest BCUT2D eigenvalue weighted by atomic mass is 9.86. The van der Waals surface area contributed by atoms with Gasteiger partial charge in [-0.1, -0.05) is 39.0 Å². The van der Waals surface area contributed by atoms with E-state index in [-0.39, 0.29) is 17.9 Å². The normalized spacial score (nSPS) is 11.2. The molecule has 0 unspecified atom stereocenters. The Morgan fingerprint density at radius 1 is 1.21 bits per heavy atom. The number of carbonyl (C=O) groups excluding carboxylic acids is 1. The highest BCUT2D eigenvalue weighted by atomic mass is 79.9. The van der Waals surface area contributed by atoms with Gasteiger partial charge in [0.05, 0.1) is 0 Å². The van der Waals surface area contributed by atoms with Crippen molar-refractivity contribution >= 4 is 27.7 Å². The van der Waals surface area contributed by atoms with Gasteiger partial charge in [-0.3, -0.25) is 9.69 Å². The van der Waals surface area contributed by atoms with Crippen molar-refractivity contribution in [2.45, 2.75) is 33.1 Å². The first-order valence-electron chi connectivity index (χ1n) is 7.97. The van der Waals surface area contributed by atoms with Gasteiger partial charge >= 0.3 is 0 Å². The summed E-state index contributed by atoms with van der Waals surface area (Å²) in [6, 6.07) is 11.5. The van der Waals surface area contributed by atoms with Crippen LogP contribution in [0.25, 0.3) is 0 Å². The van der Waals surface area contributed by atoms with Gasteiger partial charge in [0.2, 0.25) is 0 Å². The second-order valence-corrected chi connectivity index (χ2v) is 7.42. The highest BCUT2D eigenvalue weighted by molar-refractivity contribution is 9.10. The van der Waals surface area contributed by atoms with Crippen LogP contribution in [-0.2, 0) is 10.2 Å². The molecule has 2 rings (SSSR count). The van der Waals surface area contributed by atoms with E-state index in [4.69, 9.17) is 4.74 Å². The number of carbonyl (C=O) groups is 1. The molecule has 2 aromatic rings. The number of para-hydroxylation sites is 1. The SMILES string of the molecule is CCN(C(=O)COc1ccccc1C(C)(C)C)c1ccc(Br)cn1. The van der Waals surface area contributed by atoms with E-state index in [1.165, 1.54) is 0 Å². The molecule has 0 bridgehead atoms. The highest BCUT2D eigenvalue weighted by Crippen LogP contribution is 2.31. The molecule has 5 heteroatoms. The Bertz CT molecular complexity index is 693. The zero-order valence-corrected chi connectivity index (χ0v) is 16.1. The number of anilines is 1. The predicted octanol–water partition coefficient (Wildman–Crippen LogP) is 4.57. The van der Waals surface area contributed by atoms with Crippen LogP contribution in [0.15, 0.2) is 47.1 Å². The van der Waals surface area contributed by atoms with E-state index in [1.807, 2.05) is 43.3 Å². The molecule has 0 aliphatic carbocycles. The minimum absolute atomic E-state index is 0.0152. The number of benzene rings is 1. The fourth-order valence-corrected chi connectivity index (χ4v) is 2.66. The summed E-state index contributed by atoms with van der Waals surface area (Å²) in [7, 11) is 0. The number of nitrogens with zero attached hydrogens (tertiary/aromatic N) is 2. The molecule has 0 atom stereocenters. The minimum atomic E-state index is -0.115. The molecular weight excluding hydrogens is 368 g/mol. The van der Waals surface area contributed by atoms with Crippen LogP contribution in [0.2, 0.25) is 0 Å². The van der Waals surface area contributed by atoms with Gasteiger partial charge in [-0.15, -0.1) is 0 Å². The summed E-state index contributed by atoms with van der Waals surface area (Å²) in [6.07, 6.45) is 1.68. The van der Waals surface area contributed by atoms with E-state index in [9.17, 15) is 4.79 Å². The molecule has 0 radical (unpaired) electrons. The zero-order valence-electron chi connectivity index (χ0n) is 14.5. The standard InChI is InChI=1S/C19H23BrN2O2/c1-5-22(17-11-10-14(20)12-21-17)18(23)13-24-16-9-7-6-8-15(16)19(2,3)4/h6-12H,5,13H2,1-4H3. The number of halogens is 1. The predicted molar refractivity (Wildman–Crippen MR) is 101 cm³/mol. The molecule has 0 aliphatic rings. The van der Waals surface area contributed by atoms with E-state index in [0.29, 0.717) is 12.4 Å². The van der Waals surface area contributed by atoms with Gasteiger partial charge in [-0.2, -0.15) is 0 Å². The van der Waals surface area contributed by atoms with E-state index in [0.717, 1.165) is 15.8 Å². The van der Waals surface area contributed by atoms with Crippen molar-refractivity contribution in [1.29, 1.82) is 0 Å². The summed E-state index contributed by atoms with van der Waals surface area (Å²) >= 11 is 3.35. The van der Waals surface area contributed by atoms with Crippen molar-refractivity contribution < 1.29 is 9.53 Å². The maximum Gasteiger partial charge on any atom is 0.266 e. The lowest BCUT2D eigenvalue weighted by Crippen LogP contribution is -2.35. The maximum absolute atomic E-state index is 12.5. The Morgan fingerprint density at radius 2 is 1.92 bits per heavy atom. The summed E-state index contributed by atoms with van der Waals surface area (Å²) in [5, 5.41) is 0. The van der Waals surface area contributed by atoms with Crippen LogP contribution in [-0.4, -0.2) is 24.0 Å². The molecule has 0 saturated heterocycles. The fourth-order valence-electron chi connectivity index (χ4n) is 2.42. The summed E-state index contributed by atoms with van der Waals surface area (Å²) in [6.45, 7) is 8.82. The van der Waals surface area contributed by atoms with Crippen molar-refractivity contribution in [1.82, 2.24) is 4.98 Å². The average molecular weight is 391 g/mol. The van der Waals surface area contributed by atoms with Crippen molar-refractivity contribution in [2.24, 2.45) is 0 Å². The molecular formula is C19H23BrN2O2. The lowest BCUT2D eigenvalue weighted by Gasteiger charge is -2.24. The van der Waals surface area contributed by atoms with Gasteiger partial charge in [0, 0.05) is 17.2 Å². The molecule has 0 N–H and O–H groups in total. The average Bonchev–Trinajstić information content (AvgIpc) is 2.55. The molecule has 128 valence electrons. The smallest absolute Gasteiger partial charge is 0.266 e. The van der Waals surface area contributed by atoms with Gasteiger partial charge in [-0.05, 0) is 52.0 Å². The largest absolute Gasteiger partial charge is 0.483 e. The third-order valence-corrected chi connectivity index (χ3v) is 4.12. The summed E-state index contributed by atoms with van der Waals surface area (Å²) in [5.41, 5.74) is 1.04. The van der Waals surface area contributed by atoms with Crippen LogP contribution in [0.4, 0.5) is 5.82 Å². The molecule has 1 aromatic carbocycles. The number of rotatable bonds is 5. The Morgan fingerprint density at radius 3 is 2.50 bits per heavy atom. The van der Waals surface area contributed by atoms with Gasteiger partial charge in [0.1, 0.15) is 11.6 Å². The topological polar surface area (TPSA) is 42.4 Å². The number of hydrogen-bond donors (Lipinski definition) is 0. The lowest BCUT2D eigenvalue weighted by molar-refractivity contribution is -0.120. The van der Waals surface area contributed by atoms with Crippen LogP contribution in [0, 0.1) is 0 Å². The maximum atomic E-state index is 12.5. The van der Waals surface area contributed by atoms with E-state index in [1.54, 1.807) is 11.1 Å². The summed E-state index contributed by atoms with van der Waals surface area (Å²) in [4.78, 5) is 18.4. The molecule has 1 aromatic heterocycles. The van der Waals surface area contributed by atoms with E-state index < -0.39 is 0 Å². The third kappa shape index (κ3) is 4.57. The van der Waals surface area contributed by atoms with Crippen LogP contribution < -0.4 is 9.64 Å². The number of hydrogen-bond acceptors (Lipinski definition) is 3. The fraction of sp³-hybridized carbons (Fsp3) is 0.368. The third-order valence-electron chi connectivity index (χ3n) is 3.65. The highest BCUT2D eigenvalue weighted by Gasteiger charge is 2.20. The Kier molecular flexibility index (Phi) is 5.99. The number of aromatic nitrogens is 1. The first-order valence-corrected chi connectivity index (χ1v) is 8.76. The summed E-state index contributed by atoms with van der Waals surface area (Å²) < 4.78 is 6.70. The number of likely N-dealkylation sites (N-methyl/N-ethyl adjacent to an activating group) is 1. The van der Waals surface area contributed by atoms with Crippen molar-refractivity contribution in [2.75, 3.05) is 18.1 Å². The molecule has 1 heterocycles. The van der Waals surface area contributed by atoms with Gasteiger partial charge in [0.25, 0.3) is 5.91 Å². The minimum Gasteiger partial charge on any atom is -0.483 e. The second kappa shape index (κ2) is 7.79. The first-order chi connectivity index (χ1) is 11.3. The molecule has 0 saturated carbocycles. The van der Waals surface area contributed by atoms with Crippen LogP contribution in [0.1, 0.15) is 33.3 Å². The van der Waals surface area contributed by atoms with Crippen LogP contribution in [0.3, 0.4) is 0 Å². The van der Waals surface area contributed by atoms with Crippen molar-refractivity contribution in [3.05, 3.63) is 52.6 Å². The molecule has 0 aliphatic heterocycles. The summed E-state index contributed by atoms with van der Waals surface area (Å²) in [5.74, 6) is 1.26. The molecule has 4 nitrogen and oxygen atoms in total. The quantitative estimate of drug-likeness (QED) is 0.750. The van der Waals surface area contributed by atoms with Gasteiger partial charge < -0.3 is 4.74 Å². The Labute approximate surface area is 152 Å². The number of pyridine rings is 1. The van der Waals surface area contributed by atoms with Crippen molar-refractivity contribution in [3.63, 3.8) is 0 Å². The van der Waals surface area contributed by atoms with E-state index >= 15 is 0 Å². The van der Waals surface area contributed by atoms with E-state index in [2.05, 4.69) is 41.7 Å². The second-order valence-electron chi connectivity index (χ2n) is 6.51. The Balaban J connectivity index is 2.11. The Hall–Kier alpha value is -1.88. The van der Waals surface area contributed by atoms with Crippen molar-refractivity contribution in [3.8, 4) is 5.75 Å². The van der Waals surface area contributed by atoms with Crippen LogP contribution in [0.5, 0.6) is 5.75 Å².